The van der Waals surface area contributed by atoms with Gasteiger partial charge in [0, 0.05) is 23.4 Å². The standard InChI is InChI=1S/C19H17N3O5S/c1-12-9-18(21-27-12)20-19(23)13-3-2-4-14(10-13)22-28(24)15-5-6-16-17(11-15)26-8-7-25-16/h2-6,9-11,22H,7-8H2,1H3,(H,20,21,23). The third-order valence-corrected chi connectivity index (χ3v) is 5.04. The fourth-order valence-electron chi connectivity index (χ4n) is 2.64. The van der Waals surface area contributed by atoms with Gasteiger partial charge in [-0.05, 0) is 37.3 Å². The molecule has 0 bridgehead atoms. The van der Waals surface area contributed by atoms with Gasteiger partial charge in [0.15, 0.2) is 17.3 Å². The van der Waals surface area contributed by atoms with E-state index in [1.165, 1.54) is 0 Å². The predicted octanol–water partition coefficient (Wildman–Crippen LogP) is 3.14. The van der Waals surface area contributed by atoms with Gasteiger partial charge in [-0.25, -0.2) is 4.21 Å². The molecule has 2 aromatic carbocycles. The van der Waals surface area contributed by atoms with Crippen molar-refractivity contribution >= 4 is 28.4 Å². The number of aromatic nitrogens is 1. The summed E-state index contributed by atoms with van der Waals surface area (Å²) in [5, 5.41) is 6.38. The molecule has 28 heavy (non-hydrogen) atoms. The minimum Gasteiger partial charge on any atom is -0.486 e. The van der Waals surface area contributed by atoms with Gasteiger partial charge < -0.3 is 24.0 Å². The summed E-state index contributed by atoms with van der Waals surface area (Å²) in [5.74, 6) is 1.78. The summed E-state index contributed by atoms with van der Waals surface area (Å²) in [6.45, 7) is 2.69. The number of anilines is 2. The van der Waals surface area contributed by atoms with Gasteiger partial charge >= 0.3 is 0 Å². The molecule has 1 aliphatic heterocycles. The van der Waals surface area contributed by atoms with Crippen LogP contribution in [0.5, 0.6) is 11.5 Å². The van der Waals surface area contributed by atoms with Crippen LogP contribution in [0.25, 0.3) is 0 Å². The van der Waals surface area contributed by atoms with Crippen molar-refractivity contribution in [2.24, 2.45) is 0 Å². The number of amides is 1. The molecule has 1 atom stereocenters. The van der Waals surface area contributed by atoms with Gasteiger partial charge in [-0.2, -0.15) is 0 Å². The van der Waals surface area contributed by atoms with E-state index < -0.39 is 11.0 Å². The smallest absolute Gasteiger partial charge is 0.256 e. The van der Waals surface area contributed by atoms with E-state index in [-0.39, 0.29) is 5.91 Å². The van der Waals surface area contributed by atoms with Crippen molar-refractivity contribution in [3.05, 3.63) is 59.9 Å². The van der Waals surface area contributed by atoms with Gasteiger partial charge in [0.25, 0.3) is 5.91 Å². The van der Waals surface area contributed by atoms with E-state index in [4.69, 9.17) is 14.0 Å². The summed E-state index contributed by atoms with van der Waals surface area (Å²) < 4.78 is 31.5. The molecule has 3 aromatic rings. The zero-order valence-electron chi connectivity index (χ0n) is 14.9. The first kappa shape index (κ1) is 18.1. The SMILES string of the molecule is Cc1cc(NC(=O)c2cccc(NS(=O)c3ccc4c(c3)OCCO4)c2)no1. The fraction of sp³-hybridized carbons (Fsp3) is 0.158. The van der Waals surface area contributed by atoms with E-state index in [9.17, 15) is 9.00 Å². The Bertz CT molecular complexity index is 1050. The zero-order valence-corrected chi connectivity index (χ0v) is 15.7. The number of ether oxygens (including phenoxy) is 2. The first-order valence-electron chi connectivity index (χ1n) is 8.51. The Morgan fingerprint density at radius 3 is 2.68 bits per heavy atom. The summed E-state index contributed by atoms with van der Waals surface area (Å²) in [7, 11) is -1.53. The van der Waals surface area contributed by atoms with Gasteiger partial charge in [-0.3, -0.25) is 4.79 Å². The summed E-state index contributed by atoms with van der Waals surface area (Å²) in [6.07, 6.45) is 0. The molecule has 1 amide bonds. The Labute approximate surface area is 163 Å². The van der Waals surface area contributed by atoms with E-state index >= 15 is 0 Å². The number of rotatable bonds is 5. The summed E-state index contributed by atoms with van der Waals surface area (Å²) in [5.41, 5.74) is 0.932. The van der Waals surface area contributed by atoms with Crippen LogP contribution in [0.1, 0.15) is 16.1 Å². The molecule has 4 rings (SSSR count). The molecule has 0 fully saturated rings. The van der Waals surface area contributed by atoms with E-state index in [0.29, 0.717) is 52.4 Å². The number of nitrogens with zero attached hydrogens (tertiary/aromatic N) is 1. The molecule has 0 saturated heterocycles. The van der Waals surface area contributed by atoms with E-state index in [0.717, 1.165) is 0 Å². The molecule has 2 heterocycles. The van der Waals surface area contributed by atoms with Gasteiger partial charge in [-0.15, -0.1) is 0 Å². The molecule has 2 N–H and O–H groups in total. The van der Waals surface area contributed by atoms with Crippen molar-refractivity contribution in [3.8, 4) is 11.5 Å². The Balaban J connectivity index is 1.47. The van der Waals surface area contributed by atoms with Crippen LogP contribution in [-0.2, 0) is 11.0 Å². The normalized spacial score (nSPS) is 13.6. The van der Waals surface area contributed by atoms with E-state index in [1.54, 1.807) is 55.5 Å². The largest absolute Gasteiger partial charge is 0.486 e. The summed E-state index contributed by atoms with van der Waals surface area (Å²) in [6, 6.07) is 13.4. The highest BCUT2D eigenvalue weighted by Crippen LogP contribution is 2.32. The number of aryl methyl sites for hydroxylation is 1. The van der Waals surface area contributed by atoms with Gasteiger partial charge in [-0.1, -0.05) is 11.2 Å². The second-order valence-electron chi connectivity index (χ2n) is 6.03. The predicted molar refractivity (Wildman–Crippen MR) is 103 cm³/mol. The fourth-order valence-corrected chi connectivity index (χ4v) is 3.51. The number of hydrogen-bond donors (Lipinski definition) is 2. The van der Waals surface area contributed by atoms with Crippen molar-refractivity contribution in [1.82, 2.24) is 5.16 Å². The monoisotopic (exact) mass is 399 g/mol. The Morgan fingerprint density at radius 1 is 1.07 bits per heavy atom. The quantitative estimate of drug-likeness (QED) is 0.683. The van der Waals surface area contributed by atoms with Gasteiger partial charge in [0.05, 0.1) is 4.90 Å². The molecule has 1 aromatic heterocycles. The average molecular weight is 399 g/mol. The van der Waals surface area contributed by atoms with Crippen LogP contribution in [0.15, 0.2) is 57.9 Å². The number of benzene rings is 2. The number of carbonyl (C=O) groups excluding carboxylic acids is 1. The number of hydrogen-bond acceptors (Lipinski definition) is 6. The maximum atomic E-state index is 12.7. The van der Waals surface area contributed by atoms with Gasteiger partial charge in [0.1, 0.15) is 30.0 Å². The highest BCUT2D eigenvalue weighted by Gasteiger charge is 2.15. The average Bonchev–Trinajstić information content (AvgIpc) is 3.12. The van der Waals surface area contributed by atoms with Crippen molar-refractivity contribution in [2.45, 2.75) is 11.8 Å². The molecule has 1 aliphatic rings. The molecule has 8 nitrogen and oxygen atoms in total. The summed E-state index contributed by atoms with van der Waals surface area (Å²) >= 11 is 0. The first-order chi connectivity index (χ1) is 13.6. The van der Waals surface area contributed by atoms with Crippen molar-refractivity contribution in [3.63, 3.8) is 0 Å². The summed E-state index contributed by atoms with van der Waals surface area (Å²) in [4.78, 5) is 12.9. The molecule has 9 heteroatoms. The Morgan fingerprint density at radius 2 is 1.89 bits per heavy atom. The van der Waals surface area contributed by atoms with Crippen molar-refractivity contribution in [2.75, 3.05) is 23.3 Å². The van der Waals surface area contributed by atoms with Crippen molar-refractivity contribution < 1.29 is 23.0 Å². The molecule has 144 valence electrons. The molecule has 0 spiro atoms. The lowest BCUT2D eigenvalue weighted by Gasteiger charge is -2.18. The second-order valence-corrected chi connectivity index (χ2v) is 7.25. The number of carbonyl (C=O) groups is 1. The minimum absolute atomic E-state index is 0.334. The lowest BCUT2D eigenvalue weighted by atomic mass is 10.2. The molecule has 0 aliphatic carbocycles. The van der Waals surface area contributed by atoms with Crippen LogP contribution < -0.4 is 19.5 Å². The van der Waals surface area contributed by atoms with Crippen LogP contribution >= 0.6 is 0 Å². The van der Waals surface area contributed by atoms with Crippen LogP contribution in [0.3, 0.4) is 0 Å². The maximum Gasteiger partial charge on any atom is 0.256 e. The second kappa shape index (κ2) is 7.73. The third kappa shape index (κ3) is 3.99. The molecule has 0 radical (unpaired) electrons. The molecular formula is C19H17N3O5S. The lowest BCUT2D eigenvalue weighted by molar-refractivity contribution is 0.102. The molecular weight excluding hydrogens is 382 g/mol. The van der Waals surface area contributed by atoms with Crippen LogP contribution in [0.4, 0.5) is 11.5 Å². The number of fused-ring (bicyclic) bond motifs is 1. The zero-order chi connectivity index (χ0) is 19.5. The highest BCUT2D eigenvalue weighted by atomic mass is 32.2. The first-order valence-corrected chi connectivity index (χ1v) is 9.66. The topological polar surface area (TPSA) is 103 Å². The highest BCUT2D eigenvalue weighted by molar-refractivity contribution is 7.86. The van der Waals surface area contributed by atoms with Gasteiger partial charge in [0.2, 0.25) is 0 Å². The van der Waals surface area contributed by atoms with Crippen LogP contribution in [-0.4, -0.2) is 28.5 Å². The van der Waals surface area contributed by atoms with E-state index in [1.807, 2.05) is 0 Å². The third-order valence-electron chi connectivity index (χ3n) is 3.93. The number of nitrogens with one attached hydrogen (secondary N) is 2. The van der Waals surface area contributed by atoms with Crippen LogP contribution in [0.2, 0.25) is 0 Å². The lowest BCUT2D eigenvalue weighted by Crippen LogP contribution is -2.16. The minimum atomic E-state index is -1.53. The Kier molecular flexibility index (Phi) is 4.98. The van der Waals surface area contributed by atoms with E-state index in [2.05, 4.69) is 15.2 Å². The molecule has 0 saturated carbocycles. The van der Waals surface area contributed by atoms with Crippen LogP contribution in [0, 0.1) is 6.92 Å². The molecule has 1 unspecified atom stereocenters. The van der Waals surface area contributed by atoms with Crippen molar-refractivity contribution in [1.29, 1.82) is 0 Å². The maximum absolute atomic E-state index is 12.7. The Hall–Kier alpha value is -3.33.